The number of benzene rings is 1. The highest BCUT2D eigenvalue weighted by Crippen LogP contribution is 2.20. The van der Waals surface area contributed by atoms with Crippen molar-refractivity contribution < 1.29 is 5.11 Å². The number of hydrogen-bond acceptors (Lipinski definition) is 1. The van der Waals surface area contributed by atoms with Crippen LogP contribution < -0.4 is 0 Å². The quantitative estimate of drug-likeness (QED) is 0.704. The van der Waals surface area contributed by atoms with Crippen molar-refractivity contribution in [1.29, 1.82) is 0 Å². The van der Waals surface area contributed by atoms with Crippen molar-refractivity contribution in [2.24, 2.45) is 0 Å². The highest BCUT2D eigenvalue weighted by atomic mass is 16.3. The standard InChI is InChI=1S/C11H11NO/c1-9-11(13)7-8-12(9)10-5-3-2-4-6-10/h2-8,13H,1H3. The van der Waals surface area contributed by atoms with Crippen molar-refractivity contribution in [3.05, 3.63) is 48.3 Å². The summed E-state index contributed by atoms with van der Waals surface area (Å²) in [5, 5.41) is 9.38. The fourth-order valence-electron chi connectivity index (χ4n) is 1.37. The van der Waals surface area contributed by atoms with Gasteiger partial charge in [-0.25, -0.2) is 0 Å². The van der Waals surface area contributed by atoms with Crippen molar-refractivity contribution in [2.45, 2.75) is 6.92 Å². The van der Waals surface area contributed by atoms with Crippen molar-refractivity contribution in [2.75, 3.05) is 0 Å². The van der Waals surface area contributed by atoms with Gasteiger partial charge in [-0.3, -0.25) is 0 Å². The number of nitrogens with zero attached hydrogens (tertiary/aromatic N) is 1. The molecule has 0 saturated carbocycles. The number of rotatable bonds is 1. The van der Waals surface area contributed by atoms with E-state index in [1.54, 1.807) is 6.07 Å². The van der Waals surface area contributed by atoms with Gasteiger partial charge in [0, 0.05) is 11.9 Å². The lowest BCUT2D eigenvalue weighted by atomic mass is 10.3. The first-order chi connectivity index (χ1) is 6.29. The van der Waals surface area contributed by atoms with Crippen molar-refractivity contribution in [3.8, 4) is 11.4 Å². The Kier molecular flexibility index (Phi) is 1.81. The van der Waals surface area contributed by atoms with E-state index in [0.717, 1.165) is 11.4 Å². The molecular weight excluding hydrogens is 162 g/mol. The molecule has 0 amide bonds. The van der Waals surface area contributed by atoms with Gasteiger partial charge in [0.15, 0.2) is 0 Å². The molecule has 0 atom stereocenters. The molecule has 0 aliphatic heterocycles. The summed E-state index contributed by atoms with van der Waals surface area (Å²) >= 11 is 0. The minimum Gasteiger partial charge on any atom is -0.506 e. The van der Waals surface area contributed by atoms with Crippen LogP contribution in [0.5, 0.6) is 5.75 Å². The van der Waals surface area contributed by atoms with Gasteiger partial charge in [-0.05, 0) is 25.1 Å². The maximum Gasteiger partial charge on any atom is 0.136 e. The van der Waals surface area contributed by atoms with Gasteiger partial charge in [0.25, 0.3) is 0 Å². The highest BCUT2D eigenvalue weighted by molar-refractivity contribution is 5.39. The molecular formula is C11H11NO. The molecule has 0 fully saturated rings. The predicted octanol–water partition coefficient (Wildman–Crippen LogP) is 2.49. The van der Waals surface area contributed by atoms with Gasteiger partial charge in [-0.2, -0.15) is 0 Å². The van der Waals surface area contributed by atoms with Gasteiger partial charge < -0.3 is 9.67 Å². The molecule has 0 unspecified atom stereocenters. The first-order valence-electron chi connectivity index (χ1n) is 4.21. The molecule has 2 nitrogen and oxygen atoms in total. The fourth-order valence-corrected chi connectivity index (χ4v) is 1.37. The summed E-state index contributed by atoms with van der Waals surface area (Å²) < 4.78 is 1.95. The molecule has 0 aliphatic carbocycles. The molecule has 1 aromatic heterocycles. The summed E-state index contributed by atoms with van der Waals surface area (Å²) in [6.07, 6.45) is 1.86. The summed E-state index contributed by atoms with van der Waals surface area (Å²) in [5.74, 6) is 0.337. The van der Waals surface area contributed by atoms with E-state index in [1.807, 2.05) is 48.0 Å². The van der Waals surface area contributed by atoms with Gasteiger partial charge in [0.2, 0.25) is 0 Å². The predicted molar refractivity (Wildman–Crippen MR) is 52.2 cm³/mol. The zero-order valence-corrected chi connectivity index (χ0v) is 7.44. The Hall–Kier alpha value is -1.70. The average molecular weight is 173 g/mol. The fraction of sp³-hybridized carbons (Fsp3) is 0.0909. The molecule has 1 heterocycles. The number of aromatic nitrogens is 1. The van der Waals surface area contributed by atoms with E-state index in [9.17, 15) is 5.11 Å². The van der Waals surface area contributed by atoms with Crippen molar-refractivity contribution >= 4 is 0 Å². The summed E-state index contributed by atoms with van der Waals surface area (Å²) in [4.78, 5) is 0. The minimum atomic E-state index is 0.337. The maximum absolute atomic E-state index is 9.38. The molecule has 1 aromatic carbocycles. The summed E-state index contributed by atoms with van der Waals surface area (Å²) in [6.45, 7) is 1.89. The summed E-state index contributed by atoms with van der Waals surface area (Å²) in [7, 11) is 0. The molecule has 2 aromatic rings. The molecule has 2 rings (SSSR count). The van der Waals surface area contributed by atoms with Crippen LogP contribution in [-0.4, -0.2) is 9.67 Å². The zero-order chi connectivity index (χ0) is 9.26. The smallest absolute Gasteiger partial charge is 0.136 e. The SMILES string of the molecule is Cc1c(O)ccn1-c1ccccc1. The Morgan fingerprint density at radius 2 is 1.77 bits per heavy atom. The number of hydrogen-bond donors (Lipinski definition) is 1. The second-order valence-corrected chi connectivity index (χ2v) is 2.99. The van der Waals surface area contributed by atoms with E-state index in [0.29, 0.717) is 5.75 Å². The molecule has 66 valence electrons. The molecule has 2 heteroatoms. The largest absolute Gasteiger partial charge is 0.506 e. The van der Waals surface area contributed by atoms with Crippen LogP contribution >= 0.6 is 0 Å². The van der Waals surface area contributed by atoms with E-state index < -0.39 is 0 Å². The van der Waals surface area contributed by atoms with Crippen LogP contribution in [0, 0.1) is 6.92 Å². The lowest BCUT2D eigenvalue weighted by molar-refractivity contribution is 0.470. The van der Waals surface area contributed by atoms with Crippen LogP contribution in [0.1, 0.15) is 5.69 Å². The van der Waals surface area contributed by atoms with E-state index in [2.05, 4.69) is 0 Å². The summed E-state index contributed by atoms with van der Waals surface area (Å²) in [6, 6.07) is 11.6. The van der Waals surface area contributed by atoms with Crippen LogP contribution in [0.25, 0.3) is 5.69 Å². The second kappa shape index (κ2) is 2.98. The molecule has 0 aliphatic rings. The summed E-state index contributed by atoms with van der Waals surface area (Å²) in [5.41, 5.74) is 1.94. The van der Waals surface area contributed by atoms with E-state index in [-0.39, 0.29) is 0 Å². The minimum absolute atomic E-state index is 0.337. The van der Waals surface area contributed by atoms with Gasteiger partial charge in [0.05, 0.1) is 5.69 Å². The van der Waals surface area contributed by atoms with Crippen LogP contribution in [-0.2, 0) is 0 Å². The van der Waals surface area contributed by atoms with Gasteiger partial charge in [-0.1, -0.05) is 18.2 Å². The topological polar surface area (TPSA) is 25.2 Å². The second-order valence-electron chi connectivity index (χ2n) is 2.99. The van der Waals surface area contributed by atoms with Crippen molar-refractivity contribution in [3.63, 3.8) is 0 Å². The molecule has 0 saturated heterocycles. The Labute approximate surface area is 77.1 Å². The van der Waals surface area contributed by atoms with E-state index in [1.165, 1.54) is 0 Å². The highest BCUT2D eigenvalue weighted by Gasteiger charge is 2.02. The molecule has 0 bridgehead atoms. The van der Waals surface area contributed by atoms with Crippen LogP contribution in [0.3, 0.4) is 0 Å². The monoisotopic (exact) mass is 173 g/mol. The number of aromatic hydroxyl groups is 1. The maximum atomic E-state index is 9.38. The first-order valence-corrected chi connectivity index (χ1v) is 4.21. The molecule has 13 heavy (non-hydrogen) atoms. The van der Waals surface area contributed by atoms with E-state index >= 15 is 0 Å². The van der Waals surface area contributed by atoms with Crippen LogP contribution in [0.2, 0.25) is 0 Å². The Balaban J connectivity index is 2.53. The Bertz CT molecular complexity index is 403. The van der Waals surface area contributed by atoms with Gasteiger partial charge in [-0.15, -0.1) is 0 Å². The first kappa shape index (κ1) is 7.92. The van der Waals surface area contributed by atoms with Gasteiger partial charge in [0.1, 0.15) is 5.75 Å². The Morgan fingerprint density at radius 3 is 2.31 bits per heavy atom. The molecule has 1 N–H and O–H groups in total. The van der Waals surface area contributed by atoms with Gasteiger partial charge >= 0.3 is 0 Å². The third-order valence-corrected chi connectivity index (χ3v) is 2.15. The molecule has 0 spiro atoms. The average Bonchev–Trinajstić information content (AvgIpc) is 2.49. The lowest BCUT2D eigenvalue weighted by Crippen LogP contribution is -1.93. The third kappa shape index (κ3) is 1.31. The van der Waals surface area contributed by atoms with Crippen LogP contribution in [0.4, 0.5) is 0 Å². The van der Waals surface area contributed by atoms with Crippen molar-refractivity contribution in [1.82, 2.24) is 4.57 Å². The Morgan fingerprint density at radius 1 is 1.08 bits per heavy atom. The zero-order valence-electron chi connectivity index (χ0n) is 7.44. The normalized spacial score (nSPS) is 10.2. The third-order valence-electron chi connectivity index (χ3n) is 2.15. The van der Waals surface area contributed by atoms with Crippen LogP contribution in [0.15, 0.2) is 42.6 Å². The number of para-hydroxylation sites is 1. The van der Waals surface area contributed by atoms with E-state index in [4.69, 9.17) is 0 Å². The molecule has 0 radical (unpaired) electrons. The lowest BCUT2D eigenvalue weighted by Gasteiger charge is -2.04.